The van der Waals surface area contributed by atoms with Gasteiger partial charge in [0.05, 0.1) is 6.33 Å². The molecule has 1 aromatic carbocycles. The van der Waals surface area contributed by atoms with E-state index < -0.39 is 24.5 Å². The summed E-state index contributed by atoms with van der Waals surface area (Å²) in [6.45, 7) is 11.6. The molecule has 0 bridgehead atoms. The fourth-order valence-electron chi connectivity index (χ4n) is 4.89. The molecule has 12 nitrogen and oxygen atoms in total. The summed E-state index contributed by atoms with van der Waals surface area (Å²) in [6, 6.07) is 7.59. The van der Waals surface area contributed by atoms with Gasteiger partial charge in [-0.2, -0.15) is 0 Å². The molecule has 1 saturated heterocycles. The van der Waals surface area contributed by atoms with Crippen LogP contribution in [-0.2, 0) is 10.2 Å². The van der Waals surface area contributed by atoms with Crippen LogP contribution >= 0.6 is 0 Å². The Morgan fingerprint density at radius 2 is 1.85 bits per heavy atom. The van der Waals surface area contributed by atoms with E-state index in [2.05, 4.69) is 60.2 Å². The van der Waals surface area contributed by atoms with Gasteiger partial charge in [0.25, 0.3) is 0 Å². The second-order valence-electron chi connectivity index (χ2n) is 12.0. The van der Waals surface area contributed by atoms with E-state index in [-0.39, 0.29) is 29.2 Å². The lowest BCUT2D eigenvalue weighted by atomic mass is 9.87. The van der Waals surface area contributed by atoms with Crippen molar-refractivity contribution in [1.82, 2.24) is 29.7 Å². The van der Waals surface area contributed by atoms with Gasteiger partial charge in [-0.3, -0.25) is 4.57 Å². The maximum absolute atomic E-state index is 12.7. The number of nitrogen functional groups attached to an aromatic ring is 1. The maximum atomic E-state index is 12.7. The molecule has 3 heterocycles. The predicted octanol–water partition coefficient (Wildman–Crippen LogP) is 2.49. The number of imidazole rings is 1. The quantitative estimate of drug-likeness (QED) is 0.267. The molecule has 0 saturated carbocycles. The highest BCUT2D eigenvalue weighted by Gasteiger charge is 2.44. The summed E-state index contributed by atoms with van der Waals surface area (Å²) in [5.74, 6) is 0.444. The first-order chi connectivity index (χ1) is 18.8. The number of carbonyl (C=O) groups is 1. The first-order valence-electron chi connectivity index (χ1n) is 13.7. The van der Waals surface area contributed by atoms with Gasteiger partial charge < -0.3 is 36.2 Å². The van der Waals surface area contributed by atoms with Gasteiger partial charge in [-0.05, 0) is 49.0 Å². The van der Waals surface area contributed by atoms with Gasteiger partial charge in [-0.15, -0.1) is 0 Å². The molecule has 4 rings (SSSR count). The molecular formula is C28H42N8O4. The molecule has 1 aliphatic rings. The lowest BCUT2D eigenvalue weighted by Crippen LogP contribution is -2.44. The Bertz CT molecular complexity index is 1290. The number of anilines is 2. The Kier molecular flexibility index (Phi) is 8.93. The van der Waals surface area contributed by atoms with E-state index in [4.69, 9.17) is 10.5 Å². The number of urea groups is 1. The largest absolute Gasteiger partial charge is 0.387 e. The zero-order valence-corrected chi connectivity index (χ0v) is 24.1. The monoisotopic (exact) mass is 554 g/mol. The number of nitrogens with two attached hydrogens (primary N) is 1. The molecule has 3 aromatic rings. The fraction of sp³-hybridized carbons (Fsp3) is 0.571. The topological polar surface area (TPSA) is 164 Å². The first kappa shape index (κ1) is 29.7. The number of rotatable bonds is 9. The SMILES string of the molecule is CC(C)C(CCN(C)C[C@H]1O[C@@H](n2cnc3c(N)ncnc32)[C@H](O)[C@@H]1O)NC(=O)Nc1ccc(C(C)(C)C)cc1. The molecule has 6 N–H and O–H groups in total. The molecule has 2 aromatic heterocycles. The van der Waals surface area contributed by atoms with Crippen molar-refractivity contribution in [2.24, 2.45) is 5.92 Å². The number of benzene rings is 1. The summed E-state index contributed by atoms with van der Waals surface area (Å²) >= 11 is 0. The molecule has 2 amide bonds. The molecule has 0 aliphatic carbocycles. The third kappa shape index (κ3) is 6.69. The van der Waals surface area contributed by atoms with Crippen molar-refractivity contribution in [2.45, 2.75) is 77.0 Å². The Morgan fingerprint density at radius 1 is 1.15 bits per heavy atom. The Balaban J connectivity index is 1.30. The van der Waals surface area contributed by atoms with Crippen LogP contribution < -0.4 is 16.4 Å². The second-order valence-corrected chi connectivity index (χ2v) is 12.0. The van der Waals surface area contributed by atoms with Crippen molar-refractivity contribution in [3.63, 3.8) is 0 Å². The Labute approximate surface area is 235 Å². The number of nitrogens with one attached hydrogen (secondary N) is 2. The Morgan fingerprint density at radius 3 is 2.50 bits per heavy atom. The van der Waals surface area contributed by atoms with Crippen molar-refractivity contribution in [3.05, 3.63) is 42.5 Å². The van der Waals surface area contributed by atoms with Gasteiger partial charge in [0.15, 0.2) is 17.7 Å². The van der Waals surface area contributed by atoms with E-state index in [1.54, 1.807) is 4.57 Å². The van der Waals surface area contributed by atoms with Gasteiger partial charge in [0.1, 0.15) is 30.2 Å². The van der Waals surface area contributed by atoms with E-state index in [9.17, 15) is 15.0 Å². The highest BCUT2D eigenvalue weighted by Crippen LogP contribution is 2.32. The number of fused-ring (bicyclic) bond motifs is 1. The number of ether oxygens (including phenoxy) is 1. The van der Waals surface area contributed by atoms with E-state index in [0.29, 0.717) is 30.7 Å². The highest BCUT2D eigenvalue weighted by atomic mass is 16.6. The van der Waals surface area contributed by atoms with E-state index in [1.807, 2.05) is 36.2 Å². The number of aliphatic hydroxyl groups excluding tert-OH is 2. The highest BCUT2D eigenvalue weighted by molar-refractivity contribution is 5.89. The number of aromatic nitrogens is 4. The minimum Gasteiger partial charge on any atom is -0.387 e. The van der Waals surface area contributed by atoms with Crippen LogP contribution in [0.2, 0.25) is 0 Å². The van der Waals surface area contributed by atoms with Crippen LogP contribution in [0.4, 0.5) is 16.3 Å². The molecule has 0 spiro atoms. The summed E-state index contributed by atoms with van der Waals surface area (Å²) in [5, 5.41) is 27.5. The van der Waals surface area contributed by atoms with Crippen LogP contribution in [0.3, 0.4) is 0 Å². The van der Waals surface area contributed by atoms with Gasteiger partial charge in [-0.1, -0.05) is 46.8 Å². The van der Waals surface area contributed by atoms with Crippen molar-refractivity contribution < 1.29 is 19.7 Å². The van der Waals surface area contributed by atoms with Crippen LogP contribution in [0.25, 0.3) is 11.2 Å². The smallest absolute Gasteiger partial charge is 0.319 e. The van der Waals surface area contributed by atoms with Gasteiger partial charge in [0, 0.05) is 18.3 Å². The maximum Gasteiger partial charge on any atom is 0.319 e. The minimum atomic E-state index is -1.17. The van der Waals surface area contributed by atoms with Crippen molar-refractivity contribution in [3.8, 4) is 0 Å². The molecule has 218 valence electrons. The number of hydrogen-bond donors (Lipinski definition) is 5. The average Bonchev–Trinajstić information content (AvgIpc) is 3.43. The van der Waals surface area contributed by atoms with Crippen molar-refractivity contribution >= 4 is 28.7 Å². The van der Waals surface area contributed by atoms with Crippen LogP contribution in [0.15, 0.2) is 36.9 Å². The number of carbonyl (C=O) groups excluding carboxylic acids is 1. The normalized spacial score (nSPS) is 22.2. The van der Waals surface area contributed by atoms with Crippen LogP contribution in [0, 0.1) is 5.92 Å². The average molecular weight is 555 g/mol. The van der Waals surface area contributed by atoms with Crippen LogP contribution in [0.1, 0.15) is 52.8 Å². The summed E-state index contributed by atoms with van der Waals surface area (Å²) in [4.78, 5) is 27.1. The summed E-state index contributed by atoms with van der Waals surface area (Å²) in [6.07, 6.45) is -0.268. The zero-order chi connectivity index (χ0) is 29.2. The predicted molar refractivity (Wildman–Crippen MR) is 154 cm³/mol. The molecule has 1 fully saturated rings. The summed E-state index contributed by atoms with van der Waals surface area (Å²) < 4.78 is 7.63. The second kappa shape index (κ2) is 12.0. The van der Waals surface area contributed by atoms with Crippen molar-refractivity contribution in [2.75, 3.05) is 31.2 Å². The molecule has 5 atom stereocenters. The zero-order valence-electron chi connectivity index (χ0n) is 24.1. The standard InChI is InChI=1S/C28H42N8O4/c1-16(2)19(34-27(39)33-18-9-7-17(8-10-18)28(3,4)5)11-12-35(6)13-20-22(37)23(38)26(40-20)36-15-32-21-24(29)30-14-31-25(21)36/h7-10,14-16,19-20,22-23,26,37-38H,11-13H2,1-6H3,(H2,29,30,31)(H2,33,34,39)/t19?,20-,22-,23-,26-/m1/s1. The molecule has 1 aliphatic heterocycles. The summed E-state index contributed by atoms with van der Waals surface area (Å²) in [7, 11) is 1.92. The van der Waals surface area contributed by atoms with E-state index >= 15 is 0 Å². The van der Waals surface area contributed by atoms with Crippen molar-refractivity contribution in [1.29, 1.82) is 0 Å². The fourth-order valence-corrected chi connectivity index (χ4v) is 4.89. The Hall–Kier alpha value is -3.32. The molecule has 40 heavy (non-hydrogen) atoms. The molecular weight excluding hydrogens is 512 g/mol. The van der Waals surface area contributed by atoms with E-state index in [0.717, 1.165) is 5.69 Å². The third-order valence-corrected chi connectivity index (χ3v) is 7.44. The van der Waals surface area contributed by atoms with E-state index in [1.165, 1.54) is 18.2 Å². The van der Waals surface area contributed by atoms with Crippen LogP contribution in [0.5, 0.6) is 0 Å². The number of aliphatic hydroxyl groups is 2. The number of hydrogen-bond acceptors (Lipinski definition) is 9. The van der Waals surface area contributed by atoms with Gasteiger partial charge >= 0.3 is 6.03 Å². The number of nitrogens with zero attached hydrogens (tertiary/aromatic N) is 5. The number of amides is 2. The van der Waals surface area contributed by atoms with Crippen LogP contribution in [-0.4, -0.2) is 85.2 Å². The third-order valence-electron chi connectivity index (χ3n) is 7.44. The van der Waals surface area contributed by atoms with Gasteiger partial charge in [0.2, 0.25) is 0 Å². The minimum absolute atomic E-state index is 0.0471. The summed E-state index contributed by atoms with van der Waals surface area (Å²) in [5.41, 5.74) is 8.70. The first-order valence-corrected chi connectivity index (χ1v) is 13.7. The molecule has 1 unspecified atom stereocenters. The molecule has 12 heteroatoms. The lowest BCUT2D eigenvalue weighted by Gasteiger charge is -2.27. The van der Waals surface area contributed by atoms with Gasteiger partial charge in [-0.25, -0.2) is 19.7 Å². The number of likely N-dealkylation sites (N-methyl/N-ethyl adjacent to an activating group) is 1. The molecule has 0 radical (unpaired) electrons. The lowest BCUT2D eigenvalue weighted by molar-refractivity contribution is -0.0423.